The highest BCUT2D eigenvalue weighted by Gasteiger charge is 2.38. The number of likely N-dealkylation sites (tertiary alicyclic amines) is 1. The molecule has 1 aromatic rings. The third-order valence-corrected chi connectivity index (χ3v) is 4.73. The molecule has 0 saturated carbocycles. The van der Waals surface area contributed by atoms with E-state index >= 15 is 0 Å². The quantitative estimate of drug-likeness (QED) is 0.796. The van der Waals surface area contributed by atoms with Crippen LogP contribution in [0.25, 0.3) is 0 Å². The van der Waals surface area contributed by atoms with Crippen LogP contribution in [0.1, 0.15) is 49.0 Å². The van der Waals surface area contributed by atoms with Crippen molar-refractivity contribution in [1.29, 1.82) is 0 Å². The molecular formula is C15H21N3O3S. The molecule has 0 spiro atoms. The molecule has 0 radical (unpaired) electrons. The molecule has 1 fully saturated rings. The van der Waals surface area contributed by atoms with Gasteiger partial charge in [0.1, 0.15) is 11.3 Å². The van der Waals surface area contributed by atoms with Gasteiger partial charge in [-0.2, -0.15) is 0 Å². The number of nitrogens with zero attached hydrogens (tertiary/aromatic N) is 3. The molecule has 2 amide bonds. The highest BCUT2D eigenvalue weighted by Crippen LogP contribution is 2.29. The number of amides is 2. The first-order valence-electron chi connectivity index (χ1n) is 7.56. The zero-order valence-electron chi connectivity index (χ0n) is 13.2. The minimum absolute atomic E-state index is 0.00714. The minimum atomic E-state index is -0.498. The second-order valence-corrected chi connectivity index (χ2v) is 7.72. The summed E-state index contributed by atoms with van der Waals surface area (Å²) in [6, 6.07) is 0.0511. The number of rotatable bonds is 1. The summed E-state index contributed by atoms with van der Waals surface area (Å²) in [5, 5.41) is 0. The van der Waals surface area contributed by atoms with Gasteiger partial charge in [0.05, 0.1) is 23.0 Å². The van der Waals surface area contributed by atoms with Crippen LogP contribution in [0.3, 0.4) is 0 Å². The molecule has 3 heterocycles. The fourth-order valence-electron chi connectivity index (χ4n) is 2.92. The van der Waals surface area contributed by atoms with Gasteiger partial charge in [-0.25, -0.2) is 9.78 Å². The van der Waals surface area contributed by atoms with E-state index in [1.54, 1.807) is 10.4 Å². The average molecular weight is 323 g/mol. The van der Waals surface area contributed by atoms with E-state index in [-0.39, 0.29) is 18.0 Å². The van der Waals surface area contributed by atoms with E-state index in [0.717, 1.165) is 17.7 Å². The zero-order valence-corrected chi connectivity index (χ0v) is 14.0. The van der Waals surface area contributed by atoms with Crippen LogP contribution in [0.2, 0.25) is 0 Å². The Morgan fingerprint density at radius 2 is 2.23 bits per heavy atom. The average Bonchev–Trinajstić information content (AvgIpc) is 3.01. The zero-order chi connectivity index (χ0) is 15.9. The Hall–Kier alpha value is -1.63. The van der Waals surface area contributed by atoms with Crippen LogP contribution in [-0.4, -0.2) is 51.5 Å². The lowest BCUT2D eigenvalue weighted by molar-refractivity contribution is 0.0106. The molecule has 0 aliphatic carbocycles. The second-order valence-electron chi connectivity index (χ2n) is 6.78. The van der Waals surface area contributed by atoms with Gasteiger partial charge >= 0.3 is 6.09 Å². The van der Waals surface area contributed by atoms with Crippen molar-refractivity contribution < 1.29 is 14.3 Å². The predicted octanol–water partition coefficient (Wildman–Crippen LogP) is 2.50. The Morgan fingerprint density at radius 3 is 2.91 bits per heavy atom. The summed E-state index contributed by atoms with van der Waals surface area (Å²) in [7, 11) is 0. The van der Waals surface area contributed by atoms with Gasteiger partial charge in [0.25, 0.3) is 5.91 Å². The van der Waals surface area contributed by atoms with Gasteiger partial charge in [0.15, 0.2) is 0 Å². The second kappa shape index (κ2) is 5.53. The minimum Gasteiger partial charge on any atom is -0.444 e. The van der Waals surface area contributed by atoms with Crippen LogP contribution in [0.5, 0.6) is 0 Å². The van der Waals surface area contributed by atoms with Crippen molar-refractivity contribution in [2.24, 2.45) is 0 Å². The van der Waals surface area contributed by atoms with E-state index in [1.165, 1.54) is 11.3 Å². The van der Waals surface area contributed by atoms with Crippen molar-refractivity contribution >= 4 is 23.3 Å². The molecule has 7 heteroatoms. The lowest BCUT2D eigenvalue weighted by Gasteiger charge is -2.37. The summed E-state index contributed by atoms with van der Waals surface area (Å²) in [5.41, 5.74) is 1.80. The Labute approximate surface area is 134 Å². The molecule has 1 aromatic heterocycles. The Balaban J connectivity index is 1.66. The van der Waals surface area contributed by atoms with Crippen LogP contribution < -0.4 is 0 Å². The lowest BCUT2D eigenvalue weighted by Crippen LogP contribution is -2.51. The maximum absolute atomic E-state index is 12.4. The van der Waals surface area contributed by atoms with Gasteiger partial charge in [-0.15, -0.1) is 11.3 Å². The van der Waals surface area contributed by atoms with Crippen molar-refractivity contribution in [3.63, 3.8) is 0 Å². The number of piperidine rings is 1. The van der Waals surface area contributed by atoms with Crippen molar-refractivity contribution in [3.8, 4) is 0 Å². The Kier molecular flexibility index (Phi) is 3.84. The molecule has 2 aliphatic heterocycles. The first kappa shape index (κ1) is 15.3. The number of aromatic nitrogens is 1. The molecule has 2 aliphatic rings. The number of ether oxygens (including phenoxy) is 1. The highest BCUT2D eigenvalue weighted by atomic mass is 32.1. The van der Waals surface area contributed by atoms with E-state index in [9.17, 15) is 9.59 Å². The molecule has 0 N–H and O–H groups in total. The molecule has 1 unspecified atom stereocenters. The first-order valence-corrected chi connectivity index (χ1v) is 8.44. The first-order chi connectivity index (χ1) is 10.3. The molecule has 1 saturated heterocycles. The molecule has 3 rings (SSSR count). The van der Waals surface area contributed by atoms with Crippen LogP contribution in [0, 0.1) is 0 Å². The highest BCUT2D eigenvalue weighted by molar-refractivity contribution is 7.10. The van der Waals surface area contributed by atoms with Crippen molar-refractivity contribution in [3.05, 3.63) is 16.1 Å². The fourth-order valence-corrected chi connectivity index (χ4v) is 3.67. The largest absolute Gasteiger partial charge is 0.444 e. The van der Waals surface area contributed by atoms with E-state index < -0.39 is 5.60 Å². The van der Waals surface area contributed by atoms with Gasteiger partial charge in [-0.05, 0) is 33.6 Å². The summed E-state index contributed by atoms with van der Waals surface area (Å²) in [6.07, 6.45) is 1.51. The summed E-state index contributed by atoms with van der Waals surface area (Å²) >= 11 is 1.52. The summed E-state index contributed by atoms with van der Waals surface area (Å²) in [5.74, 6) is -0.00714. The molecule has 0 aromatic carbocycles. The topological polar surface area (TPSA) is 62.7 Å². The van der Waals surface area contributed by atoms with E-state index in [1.807, 2.05) is 25.7 Å². The Morgan fingerprint density at radius 1 is 1.45 bits per heavy atom. The van der Waals surface area contributed by atoms with Crippen LogP contribution in [0.15, 0.2) is 5.51 Å². The maximum Gasteiger partial charge on any atom is 0.410 e. The van der Waals surface area contributed by atoms with Gasteiger partial charge < -0.3 is 14.5 Å². The molecule has 1 atom stereocenters. The summed E-state index contributed by atoms with van der Waals surface area (Å²) < 4.78 is 5.44. The molecule has 120 valence electrons. The van der Waals surface area contributed by atoms with Crippen molar-refractivity contribution in [2.45, 2.75) is 51.8 Å². The molecular weight excluding hydrogens is 302 g/mol. The van der Waals surface area contributed by atoms with Crippen LogP contribution in [-0.2, 0) is 11.3 Å². The smallest absolute Gasteiger partial charge is 0.410 e. The van der Waals surface area contributed by atoms with Gasteiger partial charge in [0, 0.05) is 13.1 Å². The SMILES string of the molecule is CC(C)(C)OC(=O)N1CCCC(N2Cc3scnc3C2=O)C1. The lowest BCUT2D eigenvalue weighted by atomic mass is 10.0. The van der Waals surface area contributed by atoms with Crippen molar-refractivity contribution in [2.75, 3.05) is 13.1 Å². The number of carbonyl (C=O) groups is 2. The molecule has 0 bridgehead atoms. The number of hydrogen-bond donors (Lipinski definition) is 0. The van der Waals surface area contributed by atoms with Crippen LogP contribution >= 0.6 is 11.3 Å². The molecule has 6 nitrogen and oxygen atoms in total. The Bertz CT molecular complexity index is 593. The number of hydrogen-bond acceptors (Lipinski definition) is 5. The monoisotopic (exact) mass is 323 g/mol. The normalized spacial score (nSPS) is 22.0. The third-order valence-electron chi connectivity index (χ3n) is 3.91. The standard InChI is InChI=1S/C15H21N3O3S/c1-15(2,3)21-14(20)17-6-4-5-10(7-17)18-8-11-12(13(18)19)16-9-22-11/h9-10H,4-8H2,1-3H3. The van der Waals surface area contributed by atoms with Gasteiger partial charge in [-0.1, -0.05) is 0 Å². The number of thiazole rings is 1. The van der Waals surface area contributed by atoms with Crippen LogP contribution in [0.4, 0.5) is 4.79 Å². The predicted molar refractivity (Wildman–Crippen MR) is 82.8 cm³/mol. The van der Waals surface area contributed by atoms with E-state index in [4.69, 9.17) is 4.74 Å². The van der Waals surface area contributed by atoms with E-state index in [0.29, 0.717) is 25.3 Å². The molecule has 22 heavy (non-hydrogen) atoms. The summed E-state index contributed by atoms with van der Waals surface area (Å²) in [4.78, 5) is 33.4. The fraction of sp³-hybridized carbons (Fsp3) is 0.667. The van der Waals surface area contributed by atoms with Gasteiger partial charge in [-0.3, -0.25) is 4.79 Å². The van der Waals surface area contributed by atoms with Crippen molar-refractivity contribution in [1.82, 2.24) is 14.8 Å². The van der Waals surface area contributed by atoms with Gasteiger partial charge in [0.2, 0.25) is 0 Å². The number of carbonyl (C=O) groups excluding carboxylic acids is 2. The summed E-state index contributed by atoms with van der Waals surface area (Å²) in [6.45, 7) is 7.43. The number of fused-ring (bicyclic) bond motifs is 1. The van der Waals surface area contributed by atoms with E-state index in [2.05, 4.69) is 4.98 Å². The third kappa shape index (κ3) is 2.95. The maximum atomic E-state index is 12.4.